The molecule has 0 aliphatic rings. The molecular weight excluding hydrogens is 402 g/mol. The number of nitrogens with zero attached hydrogens (tertiary/aromatic N) is 1. The fraction of sp³-hybridized carbons (Fsp3) is 0.185. The van der Waals surface area contributed by atoms with Gasteiger partial charge in [0.1, 0.15) is 30.3 Å². The second kappa shape index (κ2) is 9.96. The molecular formula is C27H25NO4. The van der Waals surface area contributed by atoms with E-state index in [9.17, 15) is 4.79 Å². The van der Waals surface area contributed by atoms with E-state index in [2.05, 4.69) is 4.98 Å². The summed E-state index contributed by atoms with van der Waals surface area (Å²) in [4.78, 5) is 17.0. The lowest BCUT2D eigenvalue weighted by Gasteiger charge is -2.13. The lowest BCUT2D eigenvalue weighted by molar-refractivity contribution is 0.0520. The molecule has 5 nitrogen and oxygen atoms in total. The molecule has 0 fully saturated rings. The summed E-state index contributed by atoms with van der Waals surface area (Å²) in [6.07, 6.45) is 0. The minimum absolute atomic E-state index is 0.307. The zero-order valence-electron chi connectivity index (χ0n) is 18.2. The Morgan fingerprint density at radius 3 is 2.59 bits per heavy atom. The second-order valence-electron chi connectivity index (χ2n) is 7.39. The third kappa shape index (κ3) is 5.06. The largest absolute Gasteiger partial charge is 0.488 e. The predicted molar refractivity (Wildman–Crippen MR) is 124 cm³/mol. The number of aryl methyl sites for hydroxylation is 1. The molecule has 0 spiro atoms. The van der Waals surface area contributed by atoms with Crippen LogP contribution in [0.2, 0.25) is 0 Å². The fourth-order valence-electron chi connectivity index (χ4n) is 3.46. The van der Waals surface area contributed by atoms with E-state index in [0.717, 1.165) is 33.5 Å². The number of carbonyl (C=O) groups is 1. The van der Waals surface area contributed by atoms with Crippen LogP contribution in [-0.2, 0) is 18.0 Å². The van der Waals surface area contributed by atoms with Gasteiger partial charge in [0.05, 0.1) is 17.8 Å². The second-order valence-corrected chi connectivity index (χ2v) is 7.39. The number of hydrogen-bond donors (Lipinski definition) is 0. The molecule has 0 aliphatic heterocycles. The number of pyridine rings is 1. The Kier molecular flexibility index (Phi) is 6.66. The van der Waals surface area contributed by atoms with Gasteiger partial charge in [0.25, 0.3) is 0 Å². The van der Waals surface area contributed by atoms with Gasteiger partial charge in [0, 0.05) is 5.39 Å². The highest BCUT2D eigenvalue weighted by molar-refractivity contribution is 5.94. The molecule has 4 rings (SSSR count). The molecule has 5 heteroatoms. The van der Waals surface area contributed by atoms with E-state index in [1.54, 1.807) is 13.0 Å². The molecule has 3 aromatic carbocycles. The Balaban J connectivity index is 1.42. The van der Waals surface area contributed by atoms with E-state index >= 15 is 0 Å². The molecule has 0 saturated heterocycles. The van der Waals surface area contributed by atoms with Gasteiger partial charge >= 0.3 is 5.97 Å². The topological polar surface area (TPSA) is 57.7 Å². The standard InChI is InChI=1S/C27H25NO4/c1-3-30-27(29)26-19(2)8-6-13-25(26)32-17-20-9-7-11-23(16-20)31-18-22-15-14-21-10-4-5-12-24(21)28-22/h4-16H,3,17-18H2,1-2H3. The maximum absolute atomic E-state index is 12.3. The number of fused-ring (bicyclic) bond motifs is 1. The summed E-state index contributed by atoms with van der Waals surface area (Å²) >= 11 is 0. The van der Waals surface area contributed by atoms with E-state index in [0.29, 0.717) is 31.1 Å². The molecule has 162 valence electrons. The van der Waals surface area contributed by atoms with Crippen molar-refractivity contribution in [1.29, 1.82) is 0 Å². The van der Waals surface area contributed by atoms with Gasteiger partial charge in [0.15, 0.2) is 0 Å². The molecule has 0 bridgehead atoms. The van der Waals surface area contributed by atoms with Crippen LogP contribution in [0.25, 0.3) is 10.9 Å². The number of hydrogen-bond acceptors (Lipinski definition) is 5. The predicted octanol–water partition coefficient (Wildman–Crippen LogP) is 5.88. The lowest BCUT2D eigenvalue weighted by Crippen LogP contribution is -2.10. The minimum Gasteiger partial charge on any atom is -0.488 e. The normalized spacial score (nSPS) is 10.7. The first-order chi connectivity index (χ1) is 15.6. The van der Waals surface area contributed by atoms with Gasteiger partial charge in [-0.3, -0.25) is 0 Å². The van der Waals surface area contributed by atoms with Crippen molar-refractivity contribution >= 4 is 16.9 Å². The first kappa shape index (κ1) is 21.4. The monoisotopic (exact) mass is 427 g/mol. The molecule has 4 aromatic rings. The van der Waals surface area contributed by atoms with Crippen molar-refractivity contribution in [2.75, 3.05) is 6.61 Å². The zero-order chi connectivity index (χ0) is 22.3. The molecule has 0 aliphatic carbocycles. The molecule has 0 amide bonds. The Labute approximate surface area is 187 Å². The lowest BCUT2D eigenvalue weighted by atomic mass is 10.1. The van der Waals surface area contributed by atoms with Crippen LogP contribution < -0.4 is 9.47 Å². The van der Waals surface area contributed by atoms with Crippen LogP contribution in [0.3, 0.4) is 0 Å². The van der Waals surface area contributed by atoms with Gasteiger partial charge in [-0.25, -0.2) is 9.78 Å². The van der Waals surface area contributed by atoms with E-state index in [1.165, 1.54) is 0 Å². The maximum Gasteiger partial charge on any atom is 0.342 e. The third-order valence-corrected chi connectivity index (χ3v) is 5.05. The summed E-state index contributed by atoms with van der Waals surface area (Å²) in [6, 6.07) is 25.3. The summed E-state index contributed by atoms with van der Waals surface area (Å²) in [5, 5.41) is 1.11. The number of rotatable bonds is 8. The van der Waals surface area contributed by atoms with Crippen molar-refractivity contribution in [1.82, 2.24) is 4.98 Å². The molecule has 32 heavy (non-hydrogen) atoms. The summed E-state index contributed by atoms with van der Waals surface area (Å²) in [5.74, 6) is 0.867. The van der Waals surface area contributed by atoms with Crippen molar-refractivity contribution in [3.8, 4) is 11.5 Å². The maximum atomic E-state index is 12.3. The summed E-state index contributed by atoms with van der Waals surface area (Å²) in [6.45, 7) is 4.66. The fourth-order valence-corrected chi connectivity index (χ4v) is 3.46. The van der Waals surface area contributed by atoms with Crippen molar-refractivity contribution in [3.05, 3.63) is 101 Å². The number of para-hydroxylation sites is 1. The third-order valence-electron chi connectivity index (χ3n) is 5.05. The van der Waals surface area contributed by atoms with Crippen molar-refractivity contribution in [2.45, 2.75) is 27.1 Å². The average molecular weight is 428 g/mol. The Hall–Kier alpha value is -3.86. The summed E-state index contributed by atoms with van der Waals surface area (Å²) in [7, 11) is 0. The molecule has 0 atom stereocenters. The first-order valence-corrected chi connectivity index (χ1v) is 10.6. The highest BCUT2D eigenvalue weighted by atomic mass is 16.5. The van der Waals surface area contributed by atoms with Crippen molar-refractivity contribution in [2.24, 2.45) is 0 Å². The van der Waals surface area contributed by atoms with E-state index in [1.807, 2.05) is 79.7 Å². The number of carbonyl (C=O) groups excluding carboxylic acids is 1. The van der Waals surface area contributed by atoms with Gasteiger partial charge in [-0.2, -0.15) is 0 Å². The highest BCUT2D eigenvalue weighted by Gasteiger charge is 2.16. The molecule has 0 N–H and O–H groups in total. The minimum atomic E-state index is -0.374. The van der Waals surface area contributed by atoms with Crippen LogP contribution in [0.15, 0.2) is 78.9 Å². The Bertz CT molecular complexity index is 1240. The SMILES string of the molecule is CCOC(=O)c1c(C)cccc1OCc1cccc(OCc2ccc3ccccc3n2)c1. The molecule has 1 aromatic heterocycles. The van der Waals surface area contributed by atoms with Gasteiger partial charge in [0.2, 0.25) is 0 Å². The molecule has 0 saturated carbocycles. The van der Waals surface area contributed by atoms with Gasteiger partial charge in [-0.1, -0.05) is 48.5 Å². The first-order valence-electron chi connectivity index (χ1n) is 10.6. The van der Waals surface area contributed by atoms with Gasteiger partial charge in [-0.05, 0) is 55.3 Å². The quantitative estimate of drug-likeness (QED) is 0.329. The number of esters is 1. The van der Waals surface area contributed by atoms with Crippen LogP contribution >= 0.6 is 0 Å². The van der Waals surface area contributed by atoms with E-state index < -0.39 is 0 Å². The van der Waals surface area contributed by atoms with Crippen LogP contribution in [-0.4, -0.2) is 17.6 Å². The van der Waals surface area contributed by atoms with Crippen LogP contribution in [0.4, 0.5) is 0 Å². The van der Waals surface area contributed by atoms with Crippen molar-refractivity contribution in [3.63, 3.8) is 0 Å². The number of benzene rings is 3. The van der Waals surface area contributed by atoms with Gasteiger partial charge in [-0.15, -0.1) is 0 Å². The van der Waals surface area contributed by atoms with Crippen molar-refractivity contribution < 1.29 is 19.0 Å². The summed E-state index contributed by atoms with van der Waals surface area (Å²) in [5.41, 5.74) is 4.03. The molecule has 1 heterocycles. The molecule has 0 unspecified atom stereocenters. The van der Waals surface area contributed by atoms with Crippen LogP contribution in [0.5, 0.6) is 11.5 Å². The zero-order valence-corrected chi connectivity index (χ0v) is 18.2. The average Bonchev–Trinajstić information content (AvgIpc) is 2.81. The Morgan fingerprint density at radius 2 is 1.72 bits per heavy atom. The van der Waals surface area contributed by atoms with Crippen LogP contribution in [0, 0.1) is 6.92 Å². The van der Waals surface area contributed by atoms with E-state index in [-0.39, 0.29) is 5.97 Å². The molecule has 0 radical (unpaired) electrons. The number of ether oxygens (including phenoxy) is 3. The van der Waals surface area contributed by atoms with E-state index in [4.69, 9.17) is 14.2 Å². The Morgan fingerprint density at radius 1 is 0.875 bits per heavy atom. The van der Waals surface area contributed by atoms with Crippen LogP contribution in [0.1, 0.15) is 34.1 Å². The number of aromatic nitrogens is 1. The van der Waals surface area contributed by atoms with Gasteiger partial charge < -0.3 is 14.2 Å². The smallest absolute Gasteiger partial charge is 0.342 e. The summed E-state index contributed by atoms with van der Waals surface area (Å²) < 4.78 is 17.1. The highest BCUT2D eigenvalue weighted by Crippen LogP contribution is 2.25.